The molecule has 0 unspecified atom stereocenters. The molecule has 0 atom stereocenters. The average Bonchev–Trinajstić information content (AvgIpc) is 3.29. The molecular formula is C17H23ClN2O2. The summed E-state index contributed by atoms with van der Waals surface area (Å²) in [6, 6.07) is 5.36. The van der Waals surface area contributed by atoms with Gasteiger partial charge in [-0.1, -0.05) is 37.4 Å². The van der Waals surface area contributed by atoms with Crippen LogP contribution in [0.2, 0.25) is 5.02 Å². The Kier molecular flexibility index (Phi) is 5.46. The van der Waals surface area contributed by atoms with E-state index < -0.39 is 5.41 Å². The van der Waals surface area contributed by atoms with Gasteiger partial charge in [0.1, 0.15) is 5.41 Å². The number of nitrogens with one attached hydrogen (secondary N) is 2. The zero-order chi connectivity index (χ0) is 16.2. The third kappa shape index (κ3) is 3.80. The van der Waals surface area contributed by atoms with Crippen molar-refractivity contribution >= 4 is 29.1 Å². The molecule has 1 aromatic carbocycles. The zero-order valence-corrected chi connectivity index (χ0v) is 13.9. The maximum Gasteiger partial charge on any atom is 0.240 e. The van der Waals surface area contributed by atoms with E-state index in [9.17, 15) is 9.59 Å². The third-order valence-electron chi connectivity index (χ3n) is 4.11. The zero-order valence-electron chi connectivity index (χ0n) is 13.2. The van der Waals surface area contributed by atoms with Gasteiger partial charge in [-0.05, 0) is 43.9 Å². The first-order chi connectivity index (χ1) is 10.5. The maximum absolute atomic E-state index is 12.4. The van der Waals surface area contributed by atoms with Gasteiger partial charge < -0.3 is 10.6 Å². The van der Waals surface area contributed by atoms with Crippen molar-refractivity contribution in [2.75, 3.05) is 11.9 Å². The van der Waals surface area contributed by atoms with Gasteiger partial charge in [0.2, 0.25) is 11.8 Å². The summed E-state index contributed by atoms with van der Waals surface area (Å²) in [6.07, 6.45) is 4.36. The molecule has 1 aromatic rings. The minimum atomic E-state index is -0.885. The first kappa shape index (κ1) is 16.8. The second kappa shape index (κ2) is 7.14. The van der Waals surface area contributed by atoms with Crippen LogP contribution in [0.4, 0.5) is 5.69 Å². The maximum atomic E-state index is 12.4. The Labute approximate surface area is 136 Å². The molecule has 0 heterocycles. The Balaban J connectivity index is 1.93. The number of benzene rings is 1. The van der Waals surface area contributed by atoms with E-state index >= 15 is 0 Å². The summed E-state index contributed by atoms with van der Waals surface area (Å²) >= 11 is 6.06. The molecule has 1 saturated carbocycles. The Morgan fingerprint density at radius 2 is 1.95 bits per heavy atom. The van der Waals surface area contributed by atoms with Crippen LogP contribution in [0.25, 0.3) is 0 Å². The lowest BCUT2D eigenvalue weighted by Crippen LogP contribution is -2.40. The molecule has 0 bridgehead atoms. The largest absolute Gasteiger partial charge is 0.355 e. The monoisotopic (exact) mass is 322 g/mol. The van der Waals surface area contributed by atoms with E-state index in [0.717, 1.165) is 24.8 Å². The van der Waals surface area contributed by atoms with E-state index in [1.807, 2.05) is 13.0 Å². The second-order valence-electron chi connectivity index (χ2n) is 5.96. The molecule has 0 aromatic heterocycles. The fraction of sp³-hybridized carbons (Fsp3) is 0.529. The van der Waals surface area contributed by atoms with Crippen LogP contribution in [0.5, 0.6) is 0 Å². The molecule has 0 saturated heterocycles. The van der Waals surface area contributed by atoms with E-state index in [0.29, 0.717) is 30.1 Å². The highest BCUT2D eigenvalue weighted by Crippen LogP contribution is 2.46. The summed E-state index contributed by atoms with van der Waals surface area (Å²) in [4.78, 5) is 24.7. The van der Waals surface area contributed by atoms with Gasteiger partial charge >= 0.3 is 0 Å². The van der Waals surface area contributed by atoms with Gasteiger partial charge in [-0.25, -0.2) is 0 Å². The van der Waals surface area contributed by atoms with Crippen molar-refractivity contribution in [1.29, 1.82) is 0 Å². The van der Waals surface area contributed by atoms with Crippen molar-refractivity contribution < 1.29 is 9.59 Å². The van der Waals surface area contributed by atoms with Crippen molar-refractivity contribution in [3.63, 3.8) is 0 Å². The van der Waals surface area contributed by atoms with E-state index in [4.69, 9.17) is 11.6 Å². The molecule has 1 aliphatic rings. The van der Waals surface area contributed by atoms with Crippen molar-refractivity contribution in [3.8, 4) is 0 Å². The second-order valence-corrected chi connectivity index (χ2v) is 6.37. The number of hydrogen-bond donors (Lipinski definition) is 2. The Hall–Kier alpha value is -1.55. The summed E-state index contributed by atoms with van der Waals surface area (Å²) in [5.41, 5.74) is 0.698. The molecule has 0 spiro atoms. The van der Waals surface area contributed by atoms with E-state index in [-0.39, 0.29) is 11.8 Å². The molecule has 2 amide bonds. The number of hydrogen-bond acceptors (Lipinski definition) is 2. The topological polar surface area (TPSA) is 58.2 Å². The predicted octanol–water partition coefficient (Wildman–Crippen LogP) is 3.67. The molecule has 1 fully saturated rings. The molecule has 0 radical (unpaired) electrons. The summed E-state index contributed by atoms with van der Waals surface area (Å²) < 4.78 is 0. The van der Waals surface area contributed by atoms with Crippen LogP contribution in [-0.4, -0.2) is 18.4 Å². The highest BCUT2D eigenvalue weighted by atomic mass is 35.5. The molecule has 1 aliphatic carbocycles. The van der Waals surface area contributed by atoms with E-state index in [2.05, 4.69) is 17.6 Å². The van der Waals surface area contributed by atoms with Gasteiger partial charge in [-0.15, -0.1) is 0 Å². The quantitative estimate of drug-likeness (QED) is 0.594. The lowest BCUT2D eigenvalue weighted by Gasteiger charge is -2.15. The number of carbonyl (C=O) groups excluding carboxylic acids is 2. The lowest BCUT2D eigenvalue weighted by molar-refractivity contribution is -0.134. The number of unbranched alkanes of at least 4 members (excludes halogenated alkanes) is 2. The van der Waals surface area contributed by atoms with Gasteiger partial charge in [-0.2, -0.15) is 0 Å². The number of carbonyl (C=O) groups is 2. The summed E-state index contributed by atoms with van der Waals surface area (Å²) in [6.45, 7) is 4.66. The fourth-order valence-electron chi connectivity index (χ4n) is 2.35. The van der Waals surface area contributed by atoms with Crippen molar-refractivity contribution in [2.45, 2.75) is 46.0 Å². The summed E-state index contributed by atoms with van der Waals surface area (Å²) in [5.74, 6) is -0.389. The predicted molar refractivity (Wildman–Crippen MR) is 89.0 cm³/mol. The number of halogens is 1. The highest BCUT2D eigenvalue weighted by molar-refractivity contribution is 6.31. The Morgan fingerprint density at radius 1 is 1.23 bits per heavy atom. The average molecular weight is 323 g/mol. The van der Waals surface area contributed by atoms with E-state index in [1.165, 1.54) is 0 Å². The molecule has 0 aliphatic heterocycles. The number of amides is 2. The van der Waals surface area contributed by atoms with E-state index in [1.54, 1.807) is 12.1 Å². The van der Waals surface area contributed by atoms with Crippen LogP contribution in [0, 0.1) is 12.3 Å². The van der Waals surface area contributed by atoms with Gasteiger partial charge in [0.25, 0.3) is 0 Å². The van der Waals surface area contributed by atoms with Crippen LogP contribution < -0.4 is 10.6 Å². The van der Waals surface area contributed by atoms with Crippen molar-refractivity contribution in [1.82, 2.24) is 5.32 Å². The van der Waals surface area contributed by atoms with Crippen molar-refractivity contribution in [2.24, 2.45) is 5.41 Å². The summed E-state index contributed by atoms with van der Waals surface area (Å²) in [7, 11) is 0. The highest BCUT2D eigenvalue weighted by Gasteiger charge is 2.56. The molecule has 120 valence electrons. The molecule has 4 nitrogen and oxygen atoms in total. The van der Waals surface area contributed by atoms with Crippen molar-refractivity contribution in [3.05, 3.63) is 28.8 Å². The minimum absolute atomic E-state index is 0.153. The Morgan fingerprint density at radius 3 is 2.55 bits per heavy atom. The van der Waals surface area contributed by atoms with Gasteiger partial charge in [0.05, 0.1) is 0 Å². The molecular weight excluding hydrogens is 300 g/mol. The van der Waals surface area contributed by atoms with Gasteiger partial charge in [-0.3, -0.25) is 9.59 Å². The van der Waals surface area contributed by atoms with Gasteiger partial charge in [0.15, 0.2) is 0 Å². The Bertz CT molecular complexity index is 568. The van der Waals surface area contributed by atoms with Crippen LogP contribution in [-0.2, 0) is 9.59 Å². The lowest BCUT2D eigenvalue weighted by atomic mass is 10.0. The summed E-state index contributed by atoms with van der Waals surface area (Å²) in [5, 5.41) is 6.30. The van der Waals surface area contributed by atoms with Crippen LogP contribution in [0.1, 0.15) is 44.6 Å². The van der Waals surface area contributed by atoms with Crippen LogP contribution in [0.15, 0.2) is 18.2 Å². The first-order valence-electron chi connectivity index (χ1n) is 7.85. The normalized spacial score (nSPS) is 15.2. The molecule has 2 N–H and O–H groups in total. The van der Waals surface area contributed by atoms with Crippen LogP contribution >= 0.6 is 11.6 Å². The molecule has 2 rings (SSSR count). The number of rotatable bonds is 7. The molecule has 22 heavy (non-hydrogen) atoms. The standard InChI is InChI=1S/C17H23ClN2O2/c1-3-4-5-10-19-15(21)17(8-9-17)16(22)20-13-7-6-12(2)14(18)11-13/h6-7,11H,3-5,8-10H2,1-2H3,(H,19,21)(H,20,22). The molecule has 5 heteroatoms. The van der Waals surface area contributed by atoms with Crippen LogP contribution in [0.3, 0.4) is 0 Å². The minimum Gasteiger partial charge on any atom is -0.355 e. The fourth-order valence-corrected chi connectivity index (χ4v) is 2.53. The van der Waals surface area contributed by atoms with Gasteiger partial charge in [0, 0.05) is 17.3 Å². The number of aryl methyl sites for hydroxylation is 1. The first-order valence-corrected chi connectivity index (χ1v) is 8.23. The third-order valence-corrected chi connectivity index (χ3v) is 4.52. The SMILES string of the molecule is CCCCCNC(=O)C1(C(=O)Nc2ccc(C)c(Cl)c2)CC1. The number of anilines is 1. The smallest absolute Gasteiger partial charge is 0.240 e.